The lowest BCUT2D eigenvalue weighted by atomic mass is 9.75. The number of aromatic nitrogens is 1. The summed E-state index contributed by atoms with van der Waals surface area (Å²) in [6.45, 7) is 9.51. The molecule has 2 unspecified atom stereocenters. The molecular formula is C16H25NO2. The highest BCUT2D eigenvalue weighted by Crippen LogP contribution is 2.42. The van der Waals surface area contributed by atoms with Crippen molar-refractivity contribution in [3.63, 3.8) is 0 Å². The summed E-state index contributed by atoms with van der Waals surface area (Å²) in [6, 6.07) is 2.19. The molecule has 2 heterocycles. The van der Waals surface area contributed by atoms with Gasteiger partial charge in [0.1, 0.15) is 0 Å². The second kappa shape index (κ2) is 4.64. The van der Waals surface area contributed by atoms with Crippen LogP contribution in [0.15, 0.2) is 6.07 Å². The molecule has 1 aliphatic heterocycles. The predicted molar refractivity (Wildman–Crippen MR) is 75.2 cm³/mol. The predicted octanol–water partition coefficient (Wildman–Crippen LogP) is 2.84. The van der Waals surface area contributed by atoms with Crippen LogP contribution in [0.25, 0.3) is 0 Å². The highest BCUT2D eigenvalue weighted by atomic mass is 16.5. The van der Waals surface area contributed by atoms with Gasteiger partial charge in [0.2, 0.25) is 0 Å². The largest absolute Gasteiger partial charge is 0.388 e. The van der Waals surface area contributed by atoms with Gasteiger partial charge < -0.3 is 14.4 Å². The summed E-state index contributed by atoms with van der Waals surface area (Å²) in [4.78, 5) is 0. The Bertz CT molecular complexity index is 469. The monoisotopic (exact) mass is 263 g/mol. The molecule has 2 aliphatic rings. The van der Waals surface area contributed by atoms with E-state index in [9.17, 15) is 5.11 Å². The van der Waals surface area contributed by atoms with Crippen molar-refractivity contribution in [2.45, 2.75) is 52.7 Å². The first-order valence-corrected chi connectivity index (χ1v) is 7.41. The van der Waals surface area contributed by atoms with E-state index in [0.29, 0.717) is 5.92 Å². The molecule has 3 rings (SSSR count). The van der Waals surface area contributed by atoms with E-state index in [1.165, 1.54) is 17.8 Å². The normalized spacial score (nSPS) is 29.5. The minimum absolute atomic E-state index is 0.196. The topological polar surface area (TPSA) is 34.4 Å². The van der Waals surface area contributed by atoms with Crippen LogP contribution < -0.4 is 0 Å². The fourth-order valence-corrected chi connectivity index (χ4v) is 3.64. The van der Waals surface area contributed by atoms with Crippen molar-refractivity contribution in [1.82, 2.24) is 4.57 Å². The summed E-state index contributed by atoms with van der Waals surface area (Å²) in [5, 5.41) is 10.4. The summed E-state index contributed by atoms with van der Waals surface area (Å²) in [5.41, 5.74) is 4.00. The van der Waals surface area contributed by atoms with E-state index in [2.05, 4.69) is 31.4 Å². The molecule has 0 spiro atoms. The lowest BCUT2D eigenvalue weighted by molar-refractivity contribution is 0.0975. The molecular weight excluding hydrogens is 238 g/mol. The van der Waals surface area contributed by atoms with E-state index < -0.39 is 0 Å². The maximum Gasteiger partial charge on any atom is 0.0812 e. The Morgan fingerprint density at radius 3 is 2.95 bits per heavy atom. The van der Waals surface area contributed by atoms with Crippen LogP contribution in [0, 0.1) is 18.3 Å². The fraction of sp³-hybridized carbons (Fsp3) is 0.750. The molecule has 1 aliphatic carbocycles. The quantitative estimate of drug-likeness (QED) is 0.890. The lowest BCUT2D eigenvalue weighted by Gasteiger charge is -2.34. The van der Waals surface area contributed by atoms with Crippen molar-refractivity contribution >= 4 is 0 Å². The van der Waals surface area contributed by atoms with Crippen molar-refractivity contribution in [3.05, 3.63) is 23.0 Å². The minimum atomic E-state index is -0.293. The van der Waals surface area contributed by atoms with Crippen LogP contribution in [0.2, 0.25) is 0 Å². The van der Waals surface area contributed by atoms with Gasteiger partial charge in [0.25, 0.3) is 0 Å². The number of aliphatic hydroxyl groups is 1. The molecule has 1 fully saturated rings. The Labute approximate surface area is 115 Å². The molecule has 0 radical (unpaired) electrons. The first-order valence-electron chi connectivity index (χ1n) is 7.41. The first kappa shape index (κ1) is 13.2. The highest BCUT2D eigenvalue weighted by molar-refractivity contribution is 5.33. The van der Waals surface area contributed by atoms with Gasteiger partial charge in [0, 0.05) is 36.0 Å². The lowest BCUT2D eigenvalue weighted by Crippen LogP contribution is -2.27. The van der Waals surface area contributed by atoms with Gasteiger partial charge in [0.15, 0.2) is 0 Å². The summed E-state index contributed by atoms with van der Waals surface area (Å²) < 4.78 is 7.92. The van der Waals surface area contributed by atoms with Gasteiger partial charge in [-0.2, -0.15) is 0 Å². The average molecular weight is 263 g/mol. The first-order chi connectivity index (χ1) is 8.96. The van der Waals surface area contributed by atoms with Crippen LogP contribution in [-0.4, -0.2) is 22.9 Å². The van der Waals surface area contributed by atoms with Crippen LogP contribution in [0.3, 0.4) is 0 Å². The van der Waals surface area contributed by atoms with Crippen LogP contribution in [0.5, 0.6) is 0 Å². The van der Waals surface area contributed by atoms with Crippen molar-refractivity contribution in [2.24, 2.45) is 11.3 Å². The van der Waals surface area contributed by atoms with Gasteiger partial charge in [-0.3, -0.25) is 0 Å². The SMILES string of the molecule is Cc1cc2c(n1CC1CCOC1)CC(C)(C)CC2O. The number of aryl methyl sites for hydroxylation is 1. The van der Waals surface area contributed by atoms with E-state index in [-0.39, 0.29) is 11.5 Å². The maximum absolute atomic E-state index is 10.4. The molecule has 1 aromatic rings. The minimum Gasteiger partial charge on any atom is -0.388 e. The van der Waals surface area contributed by atoms with Gasteiger partial charge in [-0.1, -0.05) is 13.8 Å². The molecule has 1 aromatic heterocycles. The molecule has 19 heavy (non-hydrogen) atoms. The Balaban J connectivity index is 1.92. The molecule has 3 nitrogen and oxygen atoms in total. The van der Waals surface area contributed by atoms with Gasteiger partial charge in [0.05, 0.1) is 12.7 Å². The number of hydrogen-bond donors (Lipinski definition) is 1. The van der Waals surface area contributed by atoms with Crippen LogP contribution in [0.4, 0.5) is 0 Å². The molecule has 1 N–H and O–H groups in total. The van der Waals surface area contributed by atoms with E-state index in [4.69, 9.17) is 4.74 Å². The van der Waals surface area contributed by atoms with Crippen LogP contribution >= 0.6 is 0 Å². The van der Waals surface area contributed by atoms with E-state index in [1.54, 1.807) is 0 Å². The number of nitrogens with zero attached hydrogens (tertiary/aromatic N) is 1. The third-order valence-electron chi connectivity index (χ3n) is 4.66. The molecule has 0 aromatic carbocycles. The van der Waals surface area contributed by atoms with Gasteiger partial charge >= 0.3 is 0 Å². The molecule has 0 amide bonds. The number of rotatable bonds is 2. The Morgan fingerprint density at radius 1 is 1.47 bits per heavy atom. The van der Waals surface area contributed by atoms with E-state index in [1.807, 2.05) is 0 Å². The summed E-state index contributed by atoms with van der Waals surface area (Å²) in [6.07, 6.45) is 2.81. The third kappa shape index (κ3) is 2.46. The van der Waals surface area contributed by atoms with Crippen molar-refractivity contribution in [1.29, 1.82) is 0 Å². The summed E-state index contributed by atoms with van der Waals surface area (Å²) >= 11 is 0. The Hall–Kier alpha value is -0.800. The molecule has 0 saturated carbocycles. The van der Waals surface area contributed by atoms with Crippen LogP contribution in [-0.2, 0) is 17.7 Å². The van der Waals surface area contributed by atoms with Crippen molar-refractivity contribution in [3.8, 4) is 0 Å². The molecule has 2 atom stereocenters. The smallest absolute Gasteiger partial charge is 0.0812 e. The second-order valence-corrected chi connectivity index (χ2v) is 7.09. The molecule has 1 saturated heterocycles. The van der Waals surface area contributed by atoms with Crippen molar-refractivity contribution in [2.75, 3.05) is 13.2 Å². The fourth-order valence-electron chi connectivity index (χ4n) is 3.64. The Kier molecular flexibility index (Phi) is 3.22. The number of hydrogen-bond acceptors (Lipinski definition) is 2. The van der Waals surface area contributed by atoms with Gasteiger partial charge in [-0.15, -0.1) is 0 Å². The van der Waals surface area contributed by atoms with E-state index >= 15 is 0 Å². The highest BCUT2D eigenvalue weighted by Gasteiger charge is 2.34. The summed E-state index contributed by atoms with van der Waals surface area (Å²) in [7, 11) is 0. The third-order valence-corrected chi connectivity index (χ3v) is 4.66. The number of ether oxygens (including phenoxy) is 1. The number of fused-ring (bicyclic) bond motifs is 1. The maximum atomic E-state index is 10.4. The zero-order chi connectivity index (χ0) is 13.6. The standard InChI is InChI=1S/C16H25NO2/c1-11-6-13-14(7-16(2,3)8-15(13)18)17(11)9-12-4-5-19-10-12/h6,12,15,18H,4-5,7-10H2,1-3H3. The zero-order valence-electron chi connectivity index (χ0n) is 12.3. The van der Waals surface area contributed by atoms with Crippen LogP contribution in [0.1, 0.15) is 49.7 Å². The van der Waals surface area contributed by atoms with Crippen molar-refractivity contribution < 1.29 is 9.84 Å². The zero-order valence-corrected chi connectivity index (χ0v) is 12.3. The Morgan fingerprint density at radius 2 is 2.26 bits per heavy atom. The van der Waals surface area contributed by atoms with Gasteiger partial charge in [-0.25, -0.2) is 0 Å². The second-order valence-electron chi connectivity index (χ2n) is 7.09. The van der Waals surface area contributed by atoms with Gasteiger partial charge in [-0.05, 0) is 37.7 Å². The average Bonchev–Trinajstić information content (AvgIpc) is 2.90. The van der Waals surface area contributed by atoms with E-state index in [0.717, 1.165) is 38.2 Å². The molecule has 3 heteroatoms. The molecule has 0 bridgehead atoms. The number of aliphatic hydroxyl groups excluding tert-OH is 1. The summed E-state index contributed by atoms with van der Waals surface area (Å²) in [5.74, 6) is 0.636. The molecule has 106 valence electrons.